The van der Waals surface area contributed by atoms with E-state index in [1.807, 2.05) is 13.0 Å². The van der Waals surface area contributed by atoms with E-state index >= 15 is 0 Å². The van der Waals surface area contributed by atoms with Crippen LogP contribution in [0.1, 0.15) is 20.8 Å². The number of benzene rings is 1. The highest BCUT2D eigenvalue weighted by Gasteiger charge is 2.11. The summed E-state index contributed by atoms with van der Waals surface area (Å²) in [6, 6.07) is 5.61. The average molecular weight is 280 g/mol. The fourth-order valence-electron chi connectivity index (χ4n) is 1.60. The van der Waals surface area contributed by atoms with Crippen molar-refractivity contribution >= 4 is 11.6 Å². The van der Waals surface area contributed by atoms with Gasteiger partial charge in [-0.2, -0.15) is 0 Å². The Morgan fingerprint density at radius 2 is 1.80 bits per heavy atom. The van der Waals surface area contributed by atoms with Gasteiger partial charge in [0, 0.05) is 17.8 Å². The van der Waals surface area contributed by atoms with E-state index in [1.54, 1.807) is 26.4 Å². The molecule has 0 saturated carbocycles. The summed E-state index contributed by atoms with van der Waals surface area (Å²) in [6.07, 6.45) is 0. The molecule has 2 N–H and O–H groups in total. The van der Waals surface area contributed by atoms with E-state index in [9.17, 15) is 4.79 Å². The Morgan fingerprint density at radius 3 is 2.35 bits per heavy atom. The molecule has 0 bridgehead atoms. The van der Waals surface area contributed by atoms with Gasteiger partial charge in [-0.15, -0.1) is 0 Å². The lowest BCUT2D eigenvalue weighted by Crippen LogP contribution is -2.39. The summed E-state index contributed by atoms with van der Waals surface area (Å²) >= 11 is 0. The predicted molar refractivity (Wildman–Crippen MR) is 80.5 cm³/mol. The number of hydrogen-bond donors (Lipinski definition) is 2. The van der Waals surface area contributed by atoms with E-state index in [4.69, 9.17) is 9.47 Å². The normalized spacial score (nSPS) is 11.9. The van der Waals surface area contributed by atoms with Crippen LogP contribution in [0.4, 0.5) is 5.69 Å². The van der Waals surface area contributed by atoms with E-state index in [-0.39, 0.29) is 18.5 Å². The van der Waals surface area contributed by atoms with Crippen LogP contribution in [-0.2, 0) is 4.79 Å². The number of methoxy groups -OCH3 is 2. The number of nitrogens with one attached hydrogen (secondary N) is 2. The molecule has 0 spiro atoms. The molecule has 0 aliphatic carbocycles. The molecular formula is C15H24N2O3. The highest BCUT2D eigenvalue weighted by molar-refractivity contribution is 5.81. The lowest BCUT2D eigenvalue weighted by atomic mass is 10.1. The summed E-state index contributed by atoms with van der Waals surface area (Å²) in [6.45, 7) is 6.38. The maximum atomic E-state index is 11.8. The van der Waals surface area contributed by atoms with E-state index in [0.29, 0.717) is 17.4 Å². The molecule has 0 saturated heterocycles. The minimum absolute atomic E-state index is 0.0269. The van der Waals surface area contributed by atoms with Crippen LogP contribution in [0.15, 0.2) is 18.2 Å². The van der Waals surface area contributed by atoms with E-state index in [0.717, 1.165) is 5.69 Å². The first-order chi connectivity index (χ1) is 9.47. The zero-order chi connectivity index (χ0) is 15.1. The van der Waals surface area contributed by atoms with Crippen molar-refractivity contribution in [2.24, 2.45) is 5.92 Å². The Bertz CT molecular complexity index is 447. The molecule has 0 aromatic heterocycles. The maximum absolute atomic E-state index is 11.8. The predicted octanol–water partition coefficient (Wildman–Crippen LogP) is 2.28. The maximum Gasteiger partial charge on any atom is 0.239 e. The molecule has 5 heteroatoms. The van der Waals surface area contributed by atoms with Crippen molar-refractivity contribution in [1.29, 1.82) is 0 Å². The third kappa shape index (κ3) is 4.64. The Balaban J connectivity index is 2.55. The molecular weight excluding hydrogens is 256 g/mol. The van der Waals surface area contributed by atoms with Crippen LogP contribution < -0.4 is 20.1 Å². The van der Waals surface area contributed by atoms with Crippen molar-refractivity contribution in [2.45, 2.75) is 26.8 Å². The summed E-state index contributed by atoms with van der Waals surface area (Å²) in [4.78, 5) is 11.8. The molecule has 0 radical (unpaired) electrons. The lowest BCUT2D eigenvalue weighted by molar-refractivity contribution is -0.120. The molecule has 1 atom stereocenters. The van der Waals surface area contributed by atoms with Gasteiger partial charge in [0.15, 0.2) is 11.5 Å². The SMILES string of the molecule is COc1ccc(NCC(=O)NC(C)C(C)C)cc1OC. The van der Waals surface area contributed by atoms with Gasteiger partial charge in [0.2, 0.25) is 5.91 Å². The van der Waals surface area contributed by atoms with Gasteiger partial charge in [0.1, 0.15) is 0 Å². The molecule has 0 heterocycles. The zero-order valence-electron chi connectivity index (χ0n) is 12.8. The summed E-state index contributed by atoms with van der Waals surface area (Å²) in [7, 11) is 3.17. The first kappa shape index (κ1) is 16.1. The number of carbonyl (C=O) groups excluding carboxylic acids is 1. The third-order valence-electron chi connectivity index (χ3n) is 3.23. The van der Waals surface area contributed by atoms with Gasteiger partial charge < -0.3 is 20.1 Å². The molecule has 0 aliphatic rings. The highest BCUT2D eigenvalue weighted by atomic mass is 16.5. The Morgan fingerprint density at radius 1 is 1.15 bits per heavy atom. The molecule has 5 nitrogen and oxygen atoms in total. The van der Waals surface area contributed by atoms with Crippen molar-refractivity contribution in [3.8, 4) is 11.5 Å². The standard InChI is InChI=1S/C15H24N2O3/c1-10(2)11(3)17-15(18)9-16-12-6-7-13(19-4)14(8-12)20-5/h6-8,10-11,16H,9H2,1-5H3,(H,17,18). The van der Waals surface area contributed by atoms with E-state index < -0.39 is 0 Å². The molecule has 1 aromatic rings. The van der Waals surface area contributed by atoms with Crippen LogP contribution in [-0.4, -0.2) is 32.7 Å². The number of rotatable bonds is 7. The number of anilines is 1. The largest absolute Gasteiger partial charge is 0.493 e. The fourth-order valence-corrected chi connectivity index (χ4v) is 1.60. The van der Waals surface area contributed by atoms with Gasteiger partial charge in [-0.25, -0.2) is 0 Å². The minimum atomic E-state index is -0.0269. The van der Waals surface area contributed by atoms with Gasteiger partial charge in [-0.1, -0.05) is 13.8 Å². The highest BCUT2D eigenvalue weighted by Crippen LogP contribution is 2.29. The number of carbonyl (C=O) groups is 1. The monoisotopic (exact) mass is 280 g/mol. The lowest BCUT2D eigenvalue weighted by Gasteiger charge is -2.18. The Hall–Kier alpha value is -1.91. The van der Waals surface area contributed by atoms with Crippen molar-refractivity contribution < 1.29 is 14.3 Å². The molecule has 1 amide bonds. The molecule has 1 rings (SSSR count). The van der Waals surface area contributed by atoms with Gasteiger partial charge in [-0.3, -0.25) is 4.79 Å². The van der Waals surface area contributed by atoms with Gasteiger partial charge in [0.05, 0.1) is 20.8 Å². The van der Waals surface area contributed by atoms with Crippen LogP contribution >= 0.6 is 0 Å². The molecule has 0 aliphatic heterocycles. The molecule has 0 fully saturated rings. The van der Waals surface area contributed by atoms with Crippen molar-refractivity contribution in [3.05, 3.63) is 18.2 Å². The second kappa shape index (κ2) is 7.62. The van der Waals surface area contributed by atoms with Crippen molar-refractivity contribution in [1.82, 2.24) is 5.32 Å². The quantitative estimate of drug-likeness (QED) is 0.804. The van der Waals surface area contributed by atoms with Crippen LogP contribution in [0, 0.1) is 5.92 Å². The minimum Gasteiger partial charge on any atom is -0.493 e. The summed E-state index contributed by atoms with van der Waals surface area (Å²) < 4.78 is 10.4. The smallest absolute Gasteiger partial charge is 0.239 e. The Kier molecular flexibility index (Phi) is 6.15. The van der Waals surface area contributed by atoms with Gasteiger partial charge in [-0.05, 0) is 25.0 Å². The average Bonchev–Trinajstić information content (AvgIpc) is 2.44. The van der Waals surface area contributed by atoms with Gasteiger partial charge >= 0.3 is 0 Å². The molecule has 20 heavy (non-hydrogen) atoms. The van der Waals surface area contributed by atoms with E-state index in [1.165, 1.54) is 0 Å². The summed E-state index contributed by atoms with van der Waals surface area (Å²) in [5.74, 6) is 1.69. The number of ether oxygens (including phenoxy) is 2. The Labute approximate surface area is 120 Å². The molecule has 1 aromatic carbocycles. The summed E-state index contributed by atoms with van der Waals surface area (Å²) in [5.41, 5.74) is 0.815. The fraction of sp³-hybridized carbons (Fsp3) is 0.533. The zero-order valence-corrected chi connectivity index (χ0v) is 12.8. The van der Waals surface area contributed by atoms with Crippen LogP contribution in [0.25, 0.3) is 0 Å². The summed E-state index contributed by atoms with van der Waals surface area (Å²) in [5, 5.41) is 6.01. The molecule has 112 valence electrons. The topological polar surface area (TPSA) is 59.6 Å². The third-order valence-corrected chi connectivity index (χ3v) is 3.23. The second-order valence-electron chi connectivity index (χ2n) is 5.02. The number of hydrogen-bond acceptors (Lipinski definition) is 4. The van der Waals surface area contributed by atoms with Crippen molar-refractivity contribution in [2.75, 3.05) is 26.1 Å². The van der Waals surface area contributed by atoms with Gasteiger partial charge in [0.25, 0.3) is 0 Å². The van der Waals surface area contributed by atoms with Crippen LogP contribution in [0.3, 0.4) is 0 Å². The van der Waals surface area contributed by atoms with Crippen molar-refractivity contribution in [3.63, 3.8) is 0 Å². The number of amides is 1. The second-order valence-corrected chi connectivity index (χ2v) is 5.02. The first-order valence-electron chi connectivity index (χ1n) is 6.73. The van der Waals surface area contributed by atoms with E-state index in [2.05, 4.69) is 24.5 Å². The van der Waals surface area contributed by atoms with Crippen LogP contribution in [0.5, 0.6) is 11.5 Å². The molecule has 1 unspecified atom stereocenters. The van der Waals surface area contributed by atoms with Crippen LogP contribution in [0.2, 0.25) is 0 Å². The first-order valence-corrected chi connectivity index (χ1v) is 6.73.